The molecule has 1 unspecified atom stereocenters. The fourth-order valence-electron chi connectivity index (χ4n) is 3.35. The van der Waals surface area contributed by atoms with Gasteiger partial charge in [0.05, 0.1) is 0 Å². The summed E-state index contributed by atoms with van der Waals surface area (Å²) < 4.78 is 5.51. The van der Waals surface area contributed by atoms with Crippen LogP contribution in [0.4, 0.5) is 0 Å². The van der Waals surface area contributed by atoms with Gasteiger partial charge in [-0.3, -0.25) is 0 Å². The lowest BCUT2D eigenvalue weighted by Crippen LogP contribution is -2.45. The Morgan fingerprint density at radius 1 is 1.39 bits per heavy atom. The Morgan fingerprint density at radius 2 is 2.11 bits per heavy atom. The number of ether oxygens (including phenoxy) is 1. The van der Waals surface area contributed by atoms with Crippen LogP contribution in [0.5, 0.6) is 0 Å². The topological polar surface area (TPSA) is 15.7 Å². The summed E-state index contributed by atoms with van der Waals surface area (Å²) in [7, 11) is 4.55. The van der Waals surface area contributed by atoms with Crippen LogP contribution in [-0.2, 0) is 4.74 Å². The highest BCUT2D eigenvalue weighted by molar-refractivity contribution is 9.09. The summed E-state index contributed by atoms with van der Waals surface area (Å²) >= 11 is 3.73. The minimum Gasteiger partial charge on any atom is -0.381 e. The van der Waals surface area contributed by atoms with Crippen LogP contribution in [0.1, 0.15) is 25.7 Å². The third kappa shape index (κ3) is 3.69. The molecular formula is C14H27BrN2O. The molecule has 0 aromatic heterocycles. The fourth-order valence-corrected chi connectivity index (χ4v) is 4.08. The molecule has 0 spiro atoms. The minimum atomic E-state index is 0.435. The molecule has 4 heteroatoms. The maximum Gasteiger partial charge on any atom is 0.0472 e. The van der Waals surface area contributed by atoms with E-state index in [1.165, 1.54) is 45.3 Å². The number of halogens is 1. The summed E-state index contributed by atoms with van der Waals surface area (Å²) in [6, 6.07) is 0.766. The summed E-state index contributed by atoms with van der Waals surface area (Å²) in [5.74, 6) is 0. The van der Waals surface area contributed by atoms with Crippen molar-refractivity contribution in [3.8, 4) is 0 Å². The maximum absolute atomic E-state index is 5.51. The maximum atomic E-state index is 5.51. The van der Waals surface area contributed by atoms with Crippen LogP contribution in [0.3, 0.4) is 0 Å². The number of likely N-dealkylation sites (N-methyl/N-ethyl adjacent to an activating group) is 2. The first kappa shape index (κ1) is 14.8. The second kappa shape index (κ2) is 6.69. The molecule has 106 valence electrons. The number of rotatable bonds is 5. The Morgan fingerprint density at radius 3 is 2.67 bits per heavy atom. The largest absolute Gasteiger partial charge is 0.381 e. The van der Waals surface area contributed by atoms with Crippen molar-refractivity contribution < 1.29 is 4.74 Å². The number of hydrogen-bond acceptors (Lipinski definition) is 3. The monoisotopic (exact) mass is 318 g/mol. The van der Waals surface area contributed by atoms with Crippen molar-refractivity contribution in [2.75, 3.05) is 52.3 Å². The molecule has 18 heavy (non-hydrogen) atoms. The van der Waals surface area contributed by atoms with Crippen LogP contribution in [0.15, 0.2) is 0 Å². The highest BCUT2D eigenvalue weighted by Gasteiger charge is 2.33. The van der Waals surface area contributed by atoms with Gasteiger partial charge in [-0.1, -0.05) is 15.9 Å². The van der Waals surface area contributed by atoms with E-state index in [4.69, 9.17) is 4.74 Å². The van der Waals surface area contributed by atoms with Gasteiger partial charge in [0.15, 0.2) is 0 Å². The van der Waals surface area contributed by atoms with Crippen LogP contribution in [0.25, 0.3) is 0 Å². The zero-order chi connectivity index (χ0) is 13.0. The van der Waals surface area contributed by atoms with E-state index in [0.717, 1.165) is 24.6 Å². The summed E-state index contributed by atoms with van der Waals surface area (Å²) in [4.78, 5) is 5.06. The van der Waals surface area contributed by atoms with E-state index in [9.17, 15) is 0 Å². The van der Waals surface area contributed by atoms with Gasteiger partial charge in [0.1, 0.15) is 0 Å². The van der Waals surface area contributed by atoms with Crippen LogP contribution in [0.2, 0.25) is 0 Å². The van der Waals surface area contributed by atoms with Gasteiger partial charge in [-0.2, -0.15) is 0 Å². The fraction of sp³-hybridized carbons (Fsp3) is 1.00. The molecule has 2 heterocycles. The van der Waals surface area contributed by atoms with E-state index >= 15 is 0 Å². The Kier molecular flexibility index (Phi) is 5.48. The van der Waals surface area contributed by atoms with Crippen molar-refractivity contribution in [1.29, 1.82) is 0 Å². The average molecular weight is 319 g/mol. The molecular weight excluding hydrogens is 292 g/mol. The van der Waals surface area contributed by atoms with Gasteiger partial charge < -0.3 is 14.5 Å². The van der Waals surface area contributed by atoms with E-state index in [2.05, 4.69) is 39.8 Å². The van der Waals surface area contributed by atoms with Crippen molar-refractivity contribution in [3.63, 3.8) is 0 Å². The predicted octanol–water partition coefficient (Wildman–Crippen LogP) is 2.20. The summed E-state index contributed by atoms with van der Waals surface area (Å²) in [6.45, 7) is 5.56. The van der Waals surface area contributed by atoms with Gasteiger partial charge in [0, 0.05) is 37.7 Å². The van der Waals surface area contributed by atoms with Gasteiger partial charge >= 0.3 is 0 Å². The summed E-state index contributed by atoms with van der Waals surface area (Å²) in [5.41, 5.74) is 0.435. The van der Waals surface area contributed by atoms with E-state index in [1.54, 1.807) is 0 Å². The van der Waals surface area contributed by atoms with Gasteiger partial charge in [-0.15, -0.1) is 0 Å². The van der Waals surface area contributed by atoms with Crippen molar-refractivity contribution in [1.82, 2.24) is 9.80 Å². The normalized spacial score (nSPS) is 29.0. The van der Waals surface area contributed by atoms with Crippen molar-refractivity contribution in [3.05, 3.63) is 0 Å². The SMILES string of the molecule is CN(CC1CCCN1C)CC1(CBr)CCOCC1. The second-order valence-corrected chi connectivity index (χ2v) is 6.78. The molecule has 3 nitrogen and oxygen atoms in total. The molecule has 0 aliphatic carbocycles. The Labute approximate surface area is 120 Å². The zero-order valence-corrected chi connectivity index (χ0v) is 13.4. The molecule has 0 bridgehead atoms. The molecule has 2 aliphatic heterocycles. The molecule has 0 radical (unpaired) electrons. The molecule has 2 saturated heterocycles. The molecule has 0 amide bonds. The number of hydrogen-bond donors (Lipinski definition) is 0. The van der Waals surface area contributed by atoms with Gasteiger partial charge in [0.25, 0.3) is 0 Å². The lowest BCUT2D eigenvalue weighted by atomic mass is 9.82. The van der Waals surface area contributed by atoms with E-state index in [-0.39, 0.29) is 0 Å². The summed E-state index contributed by atoms with van der Waals surface area (Å²) in [5, 5.41) is 1.11. The van der Waals surface area contributed by atoms with Gasteiger partial charge in [-0.25, -0.2) is 0 Å². The minimum absolute atomic E-state index is 0.435. The first-order chi connectivity index (χ1) is 8.65. The second-order valence-electron chi connectivity index (χ2n) is 6.22. The van der Waals surface area contributed by atoms with Crippen molar-refractivity contribution in [2.24, 2.45) is 5.41 Å². The Hall–Kier alpha value is 0.360. The predicted molar refractivity (Wildman–Crippen MR) is 79.4 cm³/mol. The lowest BCUT2D eigenvalue weighted by Gasteiger charge is -2.39. The number of alkyl halides is 1. The van der Waals surface area contributed by atoms with Crippen molar-refractivity contribution >= 4 is 15.9 Å². The van der Waals surface area contributed by atoms with Crippen LogP contribution < -0.4 is 0 Å². The lowest BCUT2D eigenvalue weighted by molar-refractivity contribution is 0.00962. The molecule has 1 atom stereocenters. The third-order valence-corrected chi connectivity index (χ3v) is 5.83. The van der Waals surface area contributed by atoms with Crippen LogP contribution >= 0.6 is 15.9 Å². The summed E-state index contributed by atoms with van der Waals surface area (Å²) in [6.07, 6.45) is 5.13. The number of likely N-dealkylation sites (tertiary alicyclic amines) is 1. The first-order valence-electron chi connectivity index (χ1n) is 7.18. The van der Waals surface area contributed by atoms with E-state index in [1.807, 2.05) is 0 Å². The van der Waals surface area contributed by atoms with E-state index in [0.29, 0.717) is 5.41 Å². The first-order valence-corrected chi connectivity index (χ1v) is 8.30. The molecule has 2 rings (SSSR count). The molecule has 0 saturated carbocycles. The smallest absolute Gasteiger partial charge is 0.0472 e. The molecule has 2 fully saturated rings. The van der Waals surface area contributed by atoms with Gasteiger partial charge in [0.2, 0.25) is 0 Å². The molecule has 0 aromatic rings. The third-order valence-electron chi connectivity index (χ3n) is 4.64. The van der Waals surface area contributed by atoms with Crippen LogP contribution in [0, 0.1) is 5.41 Å². The standard InChI is InChI=1S/C14H27BrN2O/c1-16(10-13-4-3-7-17(13)2)12-14(11-15)5-8-18-9-6-14/h13H,3-12H2,1-2H3. The Balaban J connectivity index is 1.83. The average Bonchev–Trinajstić information content (AvgIpc) is 2.76. The van der Waals surface area contributed by atoms with E-state index < -0.39 is 0 Å². The number of nitrogens with zero attached hydrogens (tertiary/aromatic N) is 2. The Bertz CT molecular complexity index is 256. The molecule has 0 aromatic carbocycles. The molecule has 0 N–H and O–H groups in total. The highest BCUT2D eigenvalue weighted by atomic mass is 79.9. The van der Waals surface area contributed by atoms with Gasteiger partial charge in [-0.05, 0) is 51.7 Å². The highest BCUT2D eigenvalue weighted by Crippen LogP contribution is 2.33. The molecule has 2 aliphatic rings. The quantitative estimate of drug-likeness (QED) is 0.723. The van der Waals surface area contributed by atoms with Crippen LogP contribution in [-0.4, -0.2) is 68.1 Å². The van der Waals surface area contributed by atoms with Crippen molar-refractivity contribution in [2.45, 2.75) is 31.7 Å². The zero-order valence-electron chi connectivity index (χ0n) is 11.8.